The molecule has 0 fully saturated rings. The van der Waals surface area contributed by atoms with E-state index in [0.717, 1.165) is 40.7 Å². The molecule has 0 amide bonds. The lowest BCUT2D eigenvalue weighted by Crippen LogP contribution is -2.17. The Morgan fingerprint density at radius 2 is 1.76 bits per heavy atom. The third-order valence-corrected chi connectivity index (χ3v) is 5.52. The lowest BCUT2D eigenvalue weighted by atomic mass is 9.89. The van der Waals surface area contributed by atoms with Crippen molar-refractivity contribution < 1.29 is 0 Å². The lowest BCUT2D eigenvalue weighted by molar-refractivity contribution is 0.962. The zero-order valence-electron chi connectivity index (χ0n) is 20.1. The summed E-state index contributed by atoms with van der Waals surface area (Å²) >= 11 is 0. The summed E-state index contributed by atoms with van der Waals surface area (Å²) < 4.78 is 0. The Labute approximate surface area is 203 Å². The van der Waals surface area contributed by atoms with Crippen molar-refractivity contribution in [1.29, 1.82) is 0 Å². The van der Waals surface area contributed by atoms with Crippen LogP contribution in [0.15, 0.2) is 136 Å². The minimum Gasteiger partial charge on any atom is -0.383 e. The van der Waals surface area contributed by atoms with Gasteiger partial charge < -0.3 is 5.73 Å². The van der Waals surface area contributed by atoms with Crippen molar-refractivity contribution in [3.63, 3.8) is 0 Å². The highest BCUT2D eigenvalue weighted by atomic mass is 15.0. The quantitative estimate of drug-likeness (QED) is 0.269. The number of hydrogen-bond acceptors (Lipinski definition) is 1. The van der Waals surface area contributed by atoms with E-state index in [9.17, 15) is 0 Å². The first-order chi connectivity index (χ1) is 16.6. The Hall–Kier alpha value is -3.98. The van der Waals surface area contributed by atoms with Crippen molar-refractivity contribution in [2.45, 2.75) is 33.2 Å². The fourth-order valence-corrected chi connectivity index (χ4v) is 3.65. The molecule has 0 saturated carbocycles. The smallest absolute Gasteiger partial charge is 0.157 e. The molecule has 1 aliphatic rings. The monoisotopic (exact) mass is 447 g/mol. The third-order valence-electron chi connectivity index (χ3n) is 5.52. The molecule has 3 rings (SSSR count). The van der Waals surface area contributed by atoms with Crippen LogP contribution in [-0.4, -0.2) is 11.7 Å². The van der Waals surface area contributed by atoms with Crippen molar-refractivity contribution in [1.82, 2.24) is 0 Å². The Kier molecular flexibility index (Phi) is 9.36. The fraction of sp³-hybridized carbons (Fsp3) is 0.161. The number of rotatable bonds is 7. The zero-order valence-corrected chi connectivity index (χ0v) is 20.1. The van der Waals surface area contributed by atoms with Gasteiger partial charge in [0.1, 0.15) is 5.84 Å². The van der Waals surface area contributed by atoms with Crippen LogP contribution < -0.4 is 5.73 Å². The van der Waals surface area contributed by atoms with Gasteiger partial charge in [0.25, 0.3) is 0 Å². The molecule has 0 heterocycles. The van der Waals surface area contributed by atoms with E-state index < -0.39 is 0 Å². The molecule has 2 aromatic carbocycles. The SMILES string of the molecule is C=CC(C(=NCc1ccccc1)N=C(N)/C(C)=C/C=C\C)=C1CCC=C/C1=C\c1ccccc1. The summed E-state index contributed by atoms with van der Waals surface area (Å²) in [6.45, 7) is 8.58. The molecule has 1 aliphatic carbocycles. The first-order valence-electron chi connectivity index (χ1n) is 11.6. The van der Waals surface area contributed by atoms with Gasteiger partial charge in [-0.2, -0.15) is 0 Å². The van der Waals surface area contributed by atoms with Crippen LogP contribution >= 0.6 is 0 Å². The Morgan fingerprint density at radius 1 is 1.06 bits per heavy atom. The zero-order chi connectivity index (χ0) is 24.2. The van der Waals surface area contributed by atoms with E-state index in [4.69, 9.17) is 15.7 Å². The van der Waals surface area contributed by atoms with Crippen LogP contribution in [-0.2, 0) is 6.54 Å². The molecule has 0 bridgehead atoms. The van der Waals surface area contributed by atoms with Crippen LogP contribution in [0.4, 0.5) is 0 Å². The third kappa shape index (κ3) is 7.01. The molecule has 0 atom stereocenters. The molecular weight excluding hydrogens is 414 g/mol. The van der Waals surface area contributed by atoms with Crippen LogP contribution in [0.1, 0.15) is 37.8 Å². The molecule has 2 aromatic rings. The molecular formula is C31H33N3. The Bertz CT molecular complexity index is 1190. The van der Waals surface area contributed by atoms with E-state index >= 15 is 0 Å². The van der Waals surface area contributed by atoms with Gasteiger partial charge in [0.15, 0.2) is 5.84 Å². The molecule has 34 heavy (non-hydrogen) atoms. The number of aliphatic imine (C=N–C) groups is 2. The van der Waals surface area contributed by atoms with Crippen LogP contribution in [0.2, 0.25) is 0 Å². The molecule has 0 radical (unpaired) electrons. The van der Waals surface area contributed by atoms with Gasteiger partial charge in [0.2, 0.25) is 0 Å². The number of nitrogens with zero attached hydrogens (tertiary/aromatic N) is 2. The van der Waals surface area contributed by atoms with Crippen molar-refractivity contribution in [2.75, 3.05) is 0 Å². The van der Waals surface area contributed by atoms with E-state index in [1.54, 1.807) is 0 Å². The molecule has 3 nitrogen and oxygen atoms in total. The first-order valence-corrected chi connectivity index (χ1v) is 11.6. The molecule has 3 heteroatoms. The van der Waals surface area contributed by atoms with Gasteiger partial charge in [-0.05, 0) is 60.6 Å². The van der Waals surface area contributed by atoms with E-state index in [1.807, 2.05) is 74.5 Å². The van der Waals surface area contributed by atoms with Gasteiger partial charge in [-0.15, -0.1) is 0 Å². The minimum atomic E-state index is 0.449. The standard InChI is InChI=1S/C31H33N3/c1-4-6-15-24(3)30(32)34-31(33-23-26-18-11-8-12-19-26)28(5-2)29-21-14-13-20-27(29)22-25-16-9-7-10-17-25/h4-13,15-20,22H,2,14,21,23H2,1,3H3,(H2,32,33,34)/b6-4-,24-15+,27-22+,29-28?. The predicted molar refractivity (Wildman–Crippen MR) is 148 cm³/mol. The number of amidine groups is 2. The summed E-state index contributed by atoms with van der Waals surface area (Å²) in [5.74, 6) is 1.05. The summed E-state index contributed by atoms with van der Waals surface area (Å²) in [5.41, 5.74) is 12.8. The normalized spacial score (nSPS) is 17.9. The van der Waals surface area contributed by atoms with Gasteiger partial charge in [0.05, 0.1) is 6.54 Å². The van der Waals surface area contributed by atoms with Crippen molar-refractivity contribution >= 4 is 17.7 Å². The van der Waals surface area contributed by atoms with Gasteiger partial charge >= 0.3 is 0 Å². The molecule has 0 saturated heterocycles. The summed E-state index contributed by atoms with van der Waals surface area (Å²) in [5, 5.41) is 0. The van der Waals surface area contributed by atoms with E-state index in [-0.39, 0.29) is 0 Å². The summed E-state index contributed by atoms with van der Waals surface area (Å²) in [6, 6.07) is 20.5. The van der Waals surface area contributed by atoms with Crippen LogP contribution in [0, 0.1) is 0 Å². The highest BCUT2D eigenvalue weighted by molar-refractivity contribution is 6.12. The average Bonchev–Trinajstić information content (AvgIpc) is 2.88. The number of hydrogen-bond donors (Lipinski definition) is 1. The van der Waals surface area contributed by atoms with Crippen LogP contribution in [0.25, 0.3) is 6.08 Å². The second-order valence-electron chi connectivity index (χ2n) is 8.05. The van der Waals surface area contributed by atoms with Gasteiger partial charge in [-0.25, -0.2) is 4.99 Å². The van der Waals surface area contributed by atoms with Gasteiger partial charge in [0, 0.05) is 5.57 Å². The maximum atomic E-state index is 6.39. The Morgan fingerprint density at radius 3 is 2.44 bits per heavy atom. The predicted octanol–water partition coefficient (Wildman–Crippen LogP) is 7.38. The Balaban J connectivity index is 2.12. The number of nitrogens with two attached hydrogens (primary N) is 1. The van der Waals surface area contributed by atoms with Gasteiger partial charge in [-0.3, -0.25) is 4.99 Å². The molecule has 0 spiro atoms. The first kappa shape index (κ1) is 24.7. The van der Waals surface area contributed by atoms with Crippen LogP contribution in [0.5, 0.6) is 0 Å². The fourth-order valence-electron chi connectivity index (χ4n) is 3.65. The largest absolute Gasteiger partial charge is 0.383 e. The van der Waals surface area contributed by atoms with Gasteiger partial charge in [-0.1, -0.05) is 104 Å². The molecule has 0 unspecified atom stereocenters. The number of allylic oxidation sites excluding steroid dienone is 7. The average molecular weight is 448 g/mol. The molecule has 0 aromatic heterocycles. The number of benzene rings is 2. The van der Waals surface area contributed by atoms with Crippen molar-refractivity contribution in [3.8, 4) is 0 Å². The molecule has 2 N–H and O–H groups in total. The second kappa shape index (κ2) is 12.9. The summed E-state index contributed by atoms with van der Waals surface area (Å²) in [7, 11) is 0. The maximum Gasteiger partial charge on any atom is 0.157 e. The highest BCUT2D eigenvalue weighted by Gasteiger charge is 2.16. The second-order valence-corrected chi connectivity index (χ2v) is 8.05. The van der Waals surface area contributed by atoms with Crippen molar-refractivity contribution in [3.05, 3.63) is 137 Å². The van der Waals surface area contributed by atoms with Crippen LogP contribution in [0.3, 0.4) is 0 Å². The minimum absolute atomic E-state index is 0.449. The van der Waals surface area contributed by atoms with E-state index in [0.29, 0.717) is 18.2 Å². The summed E-state index contributed by atoms with van der Waals surface area (Å²) in [4.78, 5) is 9.70. The lowest BCUT2D eigenvalue weighted by Gasteiger charge is -2.18. The van der Waals surface area contributed by atoms with E-state index in [1.165, 1.54) is 5.57 Å². The molecule has 0 aliphatic heterocycles. The topological polar surface area (TPSA) is 50.7 Å². The summed E-state index contributed by atoms with van der Waals surface area (Å²) in [6.07, 6.45) is 16.2. The molecule has 172 valence electrons. The van der Waals surface area contributed by atoms with Crippen molar-refractivity contribution in [2.24, 2.45) is 15.7 Å². The van der Waals surface area contributed by atoms with E-state index in [2.05, 4.69) is 49.1 Å². The highest BCUT2D eigenvalue weighted by Crippen LogP contribution is 2.30. The maximum absolute atomic E-state index is 6.39.